The highest BCUT2D eigenvalue weighted by molar-refractivity contribution is 5.98. The minimum absolute atomic E-state index is 0.0308. The summed E-state index contributed by atoms with van der Waals surface area (Å²) in [5.74, 6) is -0.308. The summed E-state index contributed by atoms with van der Waals surface area (Å²) >= 11 is 0. The minimum Gasteiger partial charge on any atom is -0.383 e. The number of nitrogens with one attached hydrogen (secondary N) is 1. The van der Waals surface area contributed by atoms with Crippen molar-refractivity contribution in [3.63, 3.8) is 0 Å². The van der Waals surface area contributed by atoms with Gasteiger partial charge >= 0.3 is 0 Å². The van der Waals surface area contributed by atoms with E-state index in [1.165, 1.54) is 6.92 Å². The Morgan fingerprint density at radius 2 is 1.77 bits per heavy atom. The number of hydrogen-bond acceptors (Lipinski definition) is 3. The first-order chi connectivity index (χ1) is 10.5. The van der Waals surface area contributed by atoms with E-state index in [9.17, 15) is 9.59 Å². The highest BCUT2D eigenvalue weighted by atomic mass is 16.5. The van der Waals surface area contributed by atoms with Crippen molar-refractivity contribution in [2.24, 2.45) is 0 Å². The normalized spacial score (nSPS) is 10.4. The lowest BCUT2D eigenvalue weighted by molar-refractivity contribution is -0.123. The Morgan fingerprint density at radius 1 is 1.18 bits per heavy atom. The number of benzene rings is 1. The molecule has 0 aromatic heterocycles. The fourth-order valence-electron chi connectivity index (χ4n) is 2.40. The molecule has 1 rings (SSSR count). The van der Waals surface area contributed by atoms with Gasteiger partial charge in [0.15, 0.2) is 0 Å². The minimum atomic E-state index is -0.180. The number of ether oxygens (including phenoxy) is 1. The molecule has 0 aliphatic rings. The molecule has 0 aliphatic carbocycles. The molecule has 0 saturated carbocycles. The van der Waals surface area contributed by atoms with Crippen LogP contribution >= 0.6 is 0 Å². The number of carbonyl (C=O) groups is 2. The molecule has 122 valence electrons. The Hall–Kier alpha value is -1.88. The molecule has 5 nitrogen and oxygen atoms in total. The van der Waals surface area contributed by atoms with Crippen LogP contribution in [0.5, 0.6) is 0 Å². The van der Waals surface area contributed by atoms with Gasteiger partial charge in [-0.2, -0.15) is 0 Å². The van der Waals surface area contributed by atoms with Crippen LogP contribution in [0.1, 0.15) is 31.9 Å². The molecule has 1 N–H and O–H groups in total. The summed E-state index contributed by atoms with van der Waals surface area (Å²) in [5.41, 5.74) is 3.04. The summed E-state index contributed by atoms with van der Waals surface area (Å²) in [6.45, 7) is 6.52. The Kier molecular flexibility index (Phi) is 7.60. The summed E-state index contributed by atoms with van der Waals surface area (Å²) in [6, 6.07) is 6.01. The number of carbonyl (C=O) groups excluding carboxylic acids is 2. The Morgan fingerprint density at radius 3 is 2.23 bits per heavy atom. The molecular weight excluding hydrogens is 280 g/mol. The zero-order chi connectivity index (χ0) is 16.5. The van der Waals surface area contributed by atoms with E-state index in [0.29, 0.717) is 13.2 Å². The first kappa shape index (κ1) is 18.2. The van der Waals surface area contributed by atoms with Gasteiger partial charge in [0.05, 0.1) is 12.3 Å². The third-order valence-corrected chi connectivity index (χ3v) is 3.55. The van der Waals surface area contributed by atoms with E-state index in [1.54, 1.807) is 12.0 Å². The number of para-hydroxylation sites is 1. The number of amides is 2. The predicted molar refractivity (Wildman–Crippen MR) is 88.1 cm³/mol. The number of rotatable bonds is 8. The lowest BCUT2D eigenvalue weighted by Crippen LogP contribution is -2.41. The largest absolute Gasteiger partial charge is 0.383 e. The summed E-state index contributed by atoms with van der Waals surface area (Å²) in [5, 5.41) is 2.76. The number of hydrogen-bond donors (Lipinski definition) is 1. The average Bonchev–Trinajstić information content (AvgIpc) is 2.51. The van der Waals surface area contributed by atoms with E-state index >= 15 is 0 Å². The Bertz CT molecular complexity index is 492. The smallest absolute Gasteiger partial charge is 0.240 e. The molecule has 0 spiro atoms. The van der Waals surface area contributed by atoms with Gasteiger partial charge in [-0.15, -0.1) is 0 Å². The van der Waals surface area contributed by atoms with Gasteiger partial charge in [0.25, 0.3) is 0 Å². The fraction of sp³-hybridized carbons (Fsp3) is 0.529. The average molecular weight is 306 g/mol. The standard InChI is InChI=1S/C17H26N2O3/c1-5-14-8-7-9-15(6-2)17(14)19(13(3)20)12-16(21)18-10-11-22-4/h7-9H,5-6,10-12H2,1-4H3,(H,18,21). The van der Waals surface area contributed by atoms with E-state index in [0.717, 1.165) is 29.7 Å². The Labute approximate surface area is 132 Å². The second kappa shape index (κ2) is 9.20. The van der Waals surface area contributed by atoms with Crippen molar-refractivity contribution in [2.75, 3.05) is 31.7 Å². The van der Waals surface area contributed by atoms with Gasteiger partial charge in [0.2, 0.25) is 11.8 Å². The molecule has 0 saturated heterocycles. The molecule has 1 aromatic rings. The zero-order valence-electron chi connectivity index (χ0n) is 13.9. The number of anilines is 1. The van der Waals surface area contributed by atoms with Gasteiger partial charge in [-0.3, -0.25) is 9.59 Å². The number of methoxy groups -OCH3 is 1. The maximum atomic E-state index is 12.1. The SMILES string of the molecule is CCc1cccc(CC)c1N(CC(=O)NCCOC)C(C)=O. The zero-order valence-corrected chi connectivity index (χ0v) is 13.9. The van der Waals surface area contributed by atoms with Crippen LogP contribution in [-0.4, -0.2) is 38.6 Å². The molecule has 2 amide bonds. The van der Waals surface area contributed by atoms with Crippen molar-refractivity contribution >= 4 is 17.5 Å². The molecule has 1 aromatic carbocycles. The van der Waals surface area contributed by atoms with Crippen LogP contribution in [0, 0.1) is 0 Å². The van der Waals surface area contributed by atoms with Crippen molar-refractivity contribution in [3.8, 4) is 0 Å². The number of nitrogens with zero attached hydrogens (tertiary/aromatic N) is 1. The lowest BCUT2D eigenvalue weighted by atomic mass is 10.0. The van der Waals surface area contributed by atoms with E-state index in [2.05, 4.69) is 19.2 Å². The van der Waals surface area contributed by atoms with Crippen molar-refractivity contribution in [2.45, 2.75) is 33.6 Å². The van der Waals surface area contributed by atoms with Crippen LogP contribution in [0.15, 0.2) is 18.2 Å². The van der Waals surface area contributed by atoms with E-state index in [-0.39, 0.29) is 18.4 Å². The van der Waals surface area contributed by atoms with Crippen LogP contribution < -0.4 is 10.2 Å². The first-order valence-electron chi connectivity index (χ1n) is 7.69. The molecule has 0 bridgehead atoms. The van der Waals surface area contributed by atoms with E-state index in [1.807, 2.05) is 18.2 Å². The molecule has 22 heavy (non-hydrogen) atoms. The van der Waals surface area contributed by atoms with Crippen molar-refractivity contribution in [1.82, 2.24) is 5.32 Å². The van der Waals surface area contributed by atoms with Gasteiger partial charge in [-0.25, -0.2) is 0 Å². The quantitative estimate of drug-likeness (QED) is 0.747. The highest BCUT2D eigenvalue weighted by Crippen LogP contribution is 2.27. The van der Waals surface area contributed by atoms with Crippen molar-refractivity contribution < 1.29 is 14.3 Å². The third kappa shape index (κ3) is 4.84. The summed E-state index contributed by atoms with van der Waals surface area (Å²) in [7, 11) is 1.58. The van der Waals surface area contributed by atoms with Gasteiger partial charge in [0.1, 0.15) is 6.54 Å². The predicted octanol–water partition coefficient (Wildman–Crippen LogP) is 1.93. The van der Waals surface area contributed by atoms with Crippen LogP contribution in [0.4, 0.5) is 5.69 Å². The number of aryl methyl sites for hydroxylation is 2. The van der Waals surface area contributed by atoms with Crippen molar-refractivity contribution in [3.05, 3.63) is 29.3 Å². The monoisotopic (exact) mass is 306 g/mol. The van der Waals surface area contributed by atoms with Crippen LogP contribution in [-0.2, 0) is 27.2 Å². The second-order valence-corrected chi connectivity index (χ2v) is 5.08. The third-order valence-electron chi connectivity index (χ3n) is 3.55. The second-order valence-electron chi connectivity index (χ2n) is 5.08. The fourth-order valence-corrected chi connectivity index (χ4v) is 2.40. The van der Waals surface area contributed by atoms with Crippen LogP contribution in [0.25, 0.3) is 0 Å². The maximum absolute atomic E-state index is 12.1. The summed E-state index contributed by atoms with van der Waals surface area (Å²) in [6.07, 6.45) is 1.64. The topological polar surface area (TPSA) is 58.6 Å². The van der Waals surface area contributed by atoms with Gasteiger partial charge < -0.3 is 15.0 Å². The molecule has 0 unspecified atom stereocenters. The molecule has 0 atom stereocenters. The maximum Gasteiger partial charge on any atom is 0.240 e. The first-order valence-corrected chi connectivity index (χ1v) is 7.69. The van der Waals surface area contributed by atoms with Crippen molar-refractivity contribution in [1.29, 1.82) is 0 Å². The highest BCUT2D eigenvalue weighted by Gasteiger charge is 2.20. The van der Waals surface area contributed by atoms with E-state index < -0.39 is 0 Å². The van der Waals surface area contributed by atoms with Crippen LogP contribution in [0.3, 0.4) is 0 Å². The molecular formula is C17H26N2O3. The van der Waals surface area contributed by atoms with Crippen LogP contribution in [0.2, 0.25) is 0 Å². The summed E-state index contributed by atoms with van der Waals surface area (Å²) < 4.78 is 4.91. The van der Waals surface area contributed by atoms with Gasteiger partial charge in [-0.1, -0.05) is 32.0 Å². The molecule has 5 heteroatoms. The molecule has 0 fully saturated rings. The molecule has 0 radical (unpaired) electrons. The molecule has 0 heterocycles. The van der Waals surface area contributed by atoms with Gasteiger partial charge in [-0.05, 0) is 24.0 Å². The summed E-state index contributed by atoms with van der Waals surface area (Å²) in [4.78, 5) is 25.7. The molecule has 0 aliphatic heterocycles. The lowest BCUT2D eigenvalue weighted by Gasteiger charge is -2.26. The Balaban J connectivity index is 3.01. The van der Waals surface area contributed by atoms with Gasteiger partial charge in [0, 0.05) is 20.6 Å². The van der Waals surface area contributed by atoms with E-state index in [4.69, 9.17) is 4.74 Å².